The van der Waals surface area contributed by atoms with Gasteiger partial charge >= 0.3 is 0 Å². The Labute approximate surface area is 208 Å². The number of amides is 1. The van der Waals surface area contributed by atoms with Gasteiger partial charge in [-0.15, -0.1) is 10.2 Å². The largest absolute Gasteiger partial charge is 0.375 e. The number of hydrogen-bond acceptors (Lipinski definition) is 8. The van der Waals surface area contributed by atoms with Crippen molar-refractivity contribution in [1.29, 1.82) is 0 Å². The standard InChI is InChI=1S/C26H40N8O/c1-7-16(2)19-13-12-18(14-17(19)15-34(6)26(3,4)5)29-24-22(23(28)35)32-33-25(31-24)30-21-11-9-8-10-20(21)27/h12-15,20-21H,7-11,27H2,1-6H3,(H2,28,35)(H2,29,30,31,33)/b17-15-,19-16?/t20-,21+/m0/s1. The van der Waals surface area contributed by atoms with Gasteiger partial charge in [-0.1, -0.05) is 31.4 Å². The minimum atomic E-state index is -0.695. The molecule has 1 saturated carbocycles. The van der Waals surface area contributed by atoms with Gasteiger partial charge < -0.3 is 27.0 Å². The third-order valence-electron chi connectivity index (χ3n) is 6.75. The van der Waals surface area contributed by atoms with E-state index in [1.54, 1.807) is 0 Å². The number of nitrogens with zero attached hydrogens (tertiary/aromatic N) is 4. The number of nitrogens with one attached hydrogen (secondary N) is 2. The van der Waals surface area contributed by atoms with Gasteiger partial charge in [-0.25, -0.2) is 0 Å². The van der Waals surface area contributed by atoms with Crippen LogP contribution in [0.25, 0.3) is 11.8 Å². The number of hydrogen-bond donors (Lipinski definition) is 4. The predicted molar refractivity (Wildman–Crippen MR) is 143 cm³/mol. The van der Waals surface area contributed by atoms with E-state index < -0.39 is 5.91 Å². The summed E-state index contributed by atoms with van der Waals surface area (Å²) in [5.41, 5.74) is 13.9. The molecule has 2 aromatic rings. The van der Waals surface area contributed by atoms with Gasteiger partial charge in [0.2, 0.25) is 5.95 Å². The van der Waals surface area contributed by atoms with E-state index in [0.717, 1.165) is 43.0 Å². The quantitative estimate of drug-likeness (QED) is 0.475. The van der Waals surface area contributed by atoms with E-state index in [2.05, 4.69) is 84.6 Å². The number of rotatable bonds is 7. The van der Waals surface area contributed by atoms with Crippen molar-refractivity contribution >= 4 is 35.1 Å². The zero-order valence-electron chi connectivity index (χ0n) is 21.9. The smallest absolute Gasteiger partial charge is 0.273 e. The molecule has 2 atom stereocenters. The third-order valence-corrected chi connectivity index (χ3v) is 6.75. The number of carbonyl (C=O) groups excluding carboxylic acids is 1. The van der Waals surface area contributed by atoms with Crippen LogP contribution in [-0.4, -0.2) is 50.7 Å². The molecule has 0 aliphatic heterocycles. The van der Waals surface area contributed by atoms with Crippen molar-refractivity contribution < 1.29 is 4.79 Å². The zero-order valence-corrected chi connectivity index (χ0v) is 21.9. The van der Waals surface area contributed by atoms with Gasteiger partial charge in [-0.3, -0.25) is 4.79 Å². The lowest BCUT2D eigenvalue weighted by Crippen LogP contribution is -2.43. The molecule has 1 aromatic heterocycles. The molecule has 0 unspecified atom stereocenters. The molecule has 0 bridgehead atoms. The van der Waals surface area contributed by atoms with E-state index in [-0.39, 0.29) is 29.1 Å². The summed E-state index contributed by atoms with van der Waals surface area (Å²) >= 11 is 0. The van der Waals surface area contributed by atoms with Gasteiger partial charge in [0.1, 0.15) is 0 Å². The van der Waals surface area contributed by atoms with Crippen LogP contribution in [-0.2, 0) is 0 Å². The van der Waals surface area contributed by atoms with Gasteiger partial charge in [0.25, 0.3) is 5.91 Å². The van der Waals surface area contributed by atoms with Crippen LogP contribution in [0.2, 0.25) is 0 Å². The van der Waals surface area contributed by atoms with Crippen LogP contribution in [0.1, 0.15) is 77.2 Å². The molecular formula is C26H40N8O. The molecule has 35 heavy (non-hydrogen) atoms. The van der Waals surface area contributed by atoms with Crippen molar-refractivity contribution in [2.24, 2.45) is 11.5 Å². The van der Waals surface area contributed by atoms with Gasteiger partial charge in [0, 0.05) is 36.6 Å². The lowest BCUT2D eigenvalue weighted by atomic mass is 9.91. The first-order valence-electron chi connectivity index (χ1n) is 12.4. The van der Waals surface area contributed by atoms with E-state index in [1.165, 1.54) is 10.8 Å². The monoisotopic (exact) mass is 480 g/mol. The molecule has 0 spiro atoms. The fraction of sp³-hybridized carbons (Fsp3) is 0.538. The molecule has 1 heterocycles. The minimum Gasteiger partial charge on any atom is -0.375 e. The number of primary amides is 1. The number of anilines is 3. The summed E-state index contributed by atoms with van der Waals surface area (Å²) in [6, 6.07) is 6.21. The Kier molecular flexibility index (Phi) is 8.32. The summed E-state index contributed by atoms with van der Waals surface area (Å²) < 4.78 is 0. The summed E-state index contributed by atoms with van der Waals surface area (Å²) in [6.45, 7) is 10.8. The van der Waals surface area contributed by atoms with Crippen LogP contribution in [0.3, 0.4) is 0 Å². The van der Waals surface area contributed by atoms with Crippen molar-refractivity contribution in [3.63, 3.8) is 0 Å². The van der Waals surface area contributed by atoms with Crippen LogP contribution in [0, 0.1) is 0 Å². The van der Waals surface area contributed by atoms with Crippen LogP contribution in [0.4, 0.5) is 17.5 Å². The molecule has 1 fully saturated rings. The Morgan fingerprint density at radius 1 is 1.23 bits per heavy atom. The Hall–Kier alpha value is -3.20. The van der Waals surface area contributed by atoms with E-state index in [1.807, 2.05) is 12.1 Å². The first kappa shape index (κ1) is 26.4. The topological polar surface area (TPSA) is 135 Å². The molecule has 6 N–H and O–H groups in total. The van der Waals surface area contributed by atoms with Crippen molar-refractivity contribution in [2.45, 2.75) is 84.3 Å². The molecule has 190 valence electrons. The van der Waals surface area contributed by atoms with E-state index in [0.29, 0.717) is 5.95 Å². The second kappa shape index (κ2) is 11.0. The first-order valence-corrected chi connectivity index (χ1v) is 12.4. The third kappa shape index (κ3) is 6.69. The maximum Gasteiger partial charge on any atom is 0.273 e. The summed E-state index contributed by atoms with van der Waals surface area (Å²) in [7, 11) is 2.07. The van der Waals surface area contributed by atoms with Crippen molar-refractivity contribution in [2.75, 3.05) is 17.7 Å². The van der Waals surface area contributed by atoms with Gasteiger partial charge in [0.15, 0.2) is 11.5 Å². The number of aromatic nitrogens is 3. The Balaban J connectivity index is 2.01. The van der Waals surface area contributed by atoms with Crippen LogP contribution >= 0.6 is 0 Å². The molecular weight excluding hydrogens is 440 g/mol. The lowest BCUT2D eigenvalue weighted by molar-refractivity contribution is 0.0995. The molecule has 0 radical (unpaired) electrons. The second-order valence-corrected chi connectivity index (χ2v) is 10.4. The van der Waals surface area contributed by atoms with Crippen LogP contribution < -0.4 is 32.5 Å². The summed E-state index contributed by atoms with van der Waals surface area (Å²) in [5.74, 6) is -0.108. The summed E-state index contributed by atoms with van der Waals surface area (Å²) in [4.78, 5) is 18.8. The molecule has 1 aliphatic carbocycles. The molecule has 0 saturated heterocycles. The highest BCUT2D eigenvalue weighted by atomic mass is 16.1. The number of nitrogens with two attached hydrogens (primary N) is 2. The van der Waals surface area contributed by atoms with Crippen LogP contribution in [0.15, 0.2) is 18.2 Å². The maximum atomic E-state index is 12.1. The SMILES string of the molecule is CCC(C)=c1ccc(Nc2nc(N[C@@H]3CCCC[C@@H]3N)nnc2C(N)=O)c/c1=C/N(C)C(C)(C)C. The van der Waals surface area contributed by atoms with Gasteiger partial charge in [-0.2, -0.15) is 4.98 Å². The van der Waals surface area contributed by atoms with Crippen molar-refractivity contribution in [1.82, 2.24) is 20.1 Å². The second-order valence-electron chi connectivity index (χ2n) is 10.4. The van der Waals surface area contributed by atoms with E-state index in [4.69, 9.17) is 11.5 Å². The fourth-order valence-electron chi connectivity index (χ4n) is 4.01. The zero-order chi connectivity index (χ0) is 25.8. The van der Waals surface area contributed by atoms with Crippen molar-refractivity contribution in [3.05, 3.63) is 34.3 Å². The van der Waals surface area contributed by atoms with E-state index in [9.17, 15) is 4.79 Å². The Bertz CT molecular complexity index is 1170. The average Bonchev–Trinajstić information content (AvgIpc) is 2.79. The van der Waals surface area contributed by atoms with Gasteiger partial charge in [0.05, 0.1) is 0 Å². The summed E-state index contributed by atoms with van der Waals surface area (Å²) in [5, 5.41) is 16.9. The fourth-order valence-corrected chi connectivity index (χ4v) is 4.01. The van der Waals surface area contributed by atoms with E-state index >= 15 is 0 Å². The summed E-state index contributed by atoms with van der Waals surface area (Å²) in [6.07, 6.45) is 7.22. The minimum absolute atomic E-state index is 0.0128. The lowest BCUT2D eigenvalue weighted by Gasteiger charge is -2.30. The van der Waals surface area contributed by atoms with Crippen LogP contribution in [0.5, 0.6) is 0 Å². The highest BCUT2D eigenvalue weighted by Crippen LogP contribution is 2.22. The van der Waals surface area contributed by atoms with Crippen molar-refractivity contribution in [3.8, 4) is 0 Å². The molecule has 1 aliphatic rings. The number of benzene rings is 1. The highest BCUT2D eigenvalue weighted by Gasteiger charge is 2.23. The normalized spacial score (nSPS) is 19.8. The highest BCUT2D eigenvalue weighted by molar-refractivity contribution is 5.96. The number of carbonyl (C=O) groups is 1. The molecule has 1 aromatic carbocycles. The average molecular weight is 481 g/mol. The molecule has 9 nitrogen and oxygen atoms in total. The predicted octanol–water partition coefficient (Wildman–Crippen LogP) is 2.44. The molecule has 1 amide bonds. The Morgan fingerprint density at radius 2 is 1.94 bits per heavy atom. The Morgan fingerprint density at radius 3 is 2.57 bits per heavy atom. The molecule has 3 rings (SSSR count). The maximum absolute atomic E-state index is 12.1. The van der Waals surface area contributed by atoms with Gasteiger partial charge in [-0.05, 0) is 69.5 Å². The first-order chi connectivity index (χ1) is 16.5. The molecule has 9 heteroatoms.